The van der Waals surface area contributed by atoms with Crippen molar-refractivity contribution >= 4 is 12.1 Å². The number of amides is 1. The Morgan fingerprint density at radius 3 is 2.89 bits per heavy atom. The van der Waals surface area contributed by atoms with E-state index in [0.717, 1.165) is 18.5 Å². The Labute approximate surface area is 159 Å². The first kappa shape index (κ1) is 18.8. The number of carbonyl (C=O) groups is 1. The van der Waals surface area contributed by atoms with Crippen molar-refractivity contribution in [1.82, 2.24) is 25.4 Å². The van der Waals surface area contributed by atoms with Gasteiger partial charge in [0.25, 0.3) is 5.91 Å². The molecule has 0 saturated heterocycles. The Kier molecular flexibility index (Phi) is 5.80. The summed E-state index contributed by atoms with van der Waals surface area (Å²) >= 11 is 0. The van der Waals surface area contributed by atoms with E-state index in [1.165, 1.54) is 12.4 Å². The molecule has 0 radical (unpaired) electrons. The number of ether oxygens (including phenoxy) is 1. The lowest BCUT2D eigenvalue weighted by Gasteiger charge is -2.05. The van der Waals surface area contributed by atoms with Crippen molar-refractivity contribution < 1.29 is 19.0 Å². The van der Waals surface area contributed by atoms with Crippen LogP contribution in [0.25, 0.3) is 11.3 Å². The minimum absolute atomic E-state index is 0.0121. The monoisotopic (exact) mass is 382 g/mol. The number of nitrogens with one attached hydrogen (secondary N) is 1. The summed E-state index contributed by atoms with van der Waals surface area (Å²) in [6.07, 6.45) is 6.31. The number of nitrogens with zero attached hydrogens (tertiary/aromatic N) is 5. The van der Waals surface area contributed by atoms with Gasteiger partial charge in [0, 0.05) is 17.8 Å². The van der Waals surface area contributed by atoms with Gasteiger partial charge in [-0.25, -0.2) is 20.4 Å². The normalized spacial score (nSPS) is 10.8. The lowest BCUT2D eigenvalue weighted by molar-refractivity contribution is 0.0950. The molecule has 0 aliphatic carbocycles. The molecule has 3 aromatic heterocycles. The molecule has 3 heterocycles. The lowest BCUT2D eigenvalue weighted by Crippen LogP contribution is -2.19. The van der Waals surface area contributed by atoms with E-state index >= 15 is 0 Å². The van der Waals surface area contributed by atoms with E-state index in [-0.39, 0.29) is 17.0 Å². The smallest absolute Gasteiger partial charge is 0.291 e. The Morgan fingerprint density at radius 1 is 1.29 bits per heavy atom. The second kappa shape index (κ2) is 8.62. The Hall–Kier alpha value is -3.95. The van der Waals surface area contributed by atoms with Crippen LogP contribution < -0.4 is 10.2 Å². The van der Waals surface area contributed by atoms with Gasteiger partial charge in [0.1, 0.15) is 11.4 Å². The van der Waals surface area contributed by atoms with E-state index in [0.29, 0.717) is 23.7 Å². The van der Waals surface area contributed by atoms with Gasteiger partial charge in [-0.05, 0) is 19.1 Å². The SMILES string of the molecule is CCOc1ccc(-c2cncc(C(=O)N/N=C/c3cc(O)cnc3F)n2)cn1. The molecule has 0 aromatic carbocycles. The second-order valence-corrected chi connectivity index (χ2v) is 5.38. The average molecular weight is 382 g/mol. The minimum atomic E-state index is -0.833. The van der Waals surface area contributed by atoms with E-state index in [2.05, 4.69) is 30.5 Å². The zero-order valence-corrected chi connectivity index (χ0v) is 14.7. The molecule has 0 aliphatic heterocycles. The third-order valence-corrected chi connectivity index (χ3v) is 3.41. The molecule has 1 amide bonds. The molecule has 2 N–H and O–H groups in total. The summed E-state index contributed by atoms with van der Waals surface area (Å²) < 4.78 is 18.8. The minimum Gasteiger partial charge on any atom is -0.506 e. The molecule has 28 heavy (non-hydrogen) atoms. The summed E-state index contributed by atoms with van der Waals surface area (Å²) in [4.78, 5) is 27.9. The molecule has 0 spiro atoms. The predicted molar refractivity (Wildman–Crippen MR) is 97.4 cm³/mol. The van der Waals surface area contributed by atoms with Crippen LogP contribution in [0, 0.1) is 5.95 Å². The van der Waals surface area contributed by atoms with E-state index in [9.17, 15) is 14.3 Å². The van der Waals surface area contributed by atoms with E-state index in [1.807, 2.05) is 6.92 Å². The van der Waals surface area contributed by atoms with Crippen molar-refractivity contribution in [3.8, 4) is 22.9 Å². The number of hydrazone groups is 1. The number of rotatable bonds is 6. The summed E-state index contributed by atoms with van der Waals surface area (Å²) in [6.45, 7) is 2.36. The largest absolute Gasteiger partial charge is 0.506 e. The van der Waals surface area contributed by atoms with Crippen LogP contribution in [0.15, 0.2) is 48.1 Å². The van der Waals surface area contributed by atoms with E-state index < -0.39 is 11.9 Å². The summed E-state index contributed by atoms with van der Waals surface area (Å²) in [6, 6.07) is 4.56. The van der Waals surface area contributed by atoms with Gasteiger partial charge in [0.15, 0.2) is 0 Å². The Morgan fingerprint density at radius 2 is 2.14 bits per heavy atom. The number of aromatic nitrogens is 4. The van der Waals surface area contributed by atoms with Crippen molar-refractivity contribution in [1.29, 1.82) is 0 Å². The van der Waals surface area contributed by atoms with Crippen LogP contribution in [0.2, 0.25) is 0 Å². The molecule has 3 aromatic rings. The van der Waals surface area contributed by atoms with Gasteiger partial charge in [0.05, 0.1) is 42.7 Å². The first-order chi connectivity index (χ1) is 13.6. The predicted octanol–water partition coefficient (Wildman–Crippen LogP) is 1.94. The summed E-state index contributed by atoms with van der Waals surface area (Å²) in [5, 5.41) is 12.9. The third-order valence-electron chi connectivity index (χ3n) is 3.41. The number of carbonyl (C=O) groups excluding carboxylic acids is 1. The van der Waals surface area contributed by atoms with Gasteiger partial charge in [-0.3, -0.25) is 9.78 Å². The van der Waals surface area contributed by atoms with Crippen LogP contribution >= 0.6 is 0 Å². The zero-order chi connectivity index (χ0) is 19.9. The van der Waals surface area contributed by atoms with Crippen molar-refractivity contribution in [2.24, 2.45) is 5.10 Å². The van der Waals surface area contributed by atoms with Crippen LogP contribution in [-0.2, 0) is 0 Å². The molecule has 0 atom stereocenters. The van der Waals surface area contributed by atoms with Crippen molar-refractivity contribution in [2.45, 2.75) is 6.92 Å². The molecular weight excluding hydrogens is 367 g/mol. The van der Waals surface area contributed by atoms with Crippen LogP contribution in [-0.4, -0.2) is 43.8 Å². The standard InChI is InChI=1S/C18H15FN6O3/c1-2-28-16-4-3-11(6-21-16)14-9-20-10-15(24-14)18(27)25-23-7-12-5-13(26)8-22-17(12)19/h3-10,26H,2H2,1H3,(H,25,27)/b23-7+. The van der Waals surface area contributed by atoms with Crippen molar-refractivity contribution in [2.75, 3.05) is 6.61 Å². The summed E-state index contributed by atoms with van der Waals surface area (Å²) in [5.41, 5.74) is 3.24. The second-order valence-electron chi connectivity index (χ2n) is 5.38. The first-order valence-corrected chi connectivity index (χ1v) is 8.16. The molecule has 0 bridgehead atoms. The number of halogens is 1. The molecule has 0 saturated carbocycles. The number of hydrogen-bond acceptors (Lipinski definition) is 8. The highest BCUT2D eigenvalue weighted by Gasteiger charge is 2.10. The van der Waals surface area contributed by atoms with Crippen molar-refractivity contribution in [3.63, 3.8) is 0 Å². The van der Waals surface area contributed by atoms with Gasteiger partial charge in [0.2, 0.25) is 11.8 Å². The first-order valence-electron chi connectivity index (χ1n) is 8.16. The summed E-state index contributed by atoms with van der Waals surface area (Å²) in [7, 11) is 0. The molecule has 3 rings (SSSR count). The molecule has 0 fully saturated rings. The number of hydrogen-bond donors (Lipinski definition) is 2. The third kappa shape index (κ3) is 4.61. The van der Waals surface area contributed by atoms with Gasteiger partial charge < -0.3 is 9.84 Å². The quantitative estimate of drug-likeness (QED) is 0.379. The van der Waals surface area contributed by atoms with Crippen molar-refractivity contribution in [3.05, 3.63) is 60.2 Å². The lowest BCUT2D eigenvalue weighted by atomic mass is 10.2. The topological polar surface area (TPSA) is 122 Å². The fourth-order valence-corrected chi connectivity index (χ4v) is 2.14. The van der Waals surface area contributed by atoms with Crippen LogP contribution in [0.4, 0.5) is 4.39 Å². The highest BCUT2D eigenvalue weighted by Crippen LogP contribution is 2.18. The van der Waals surface area contributed by atoms with Gasteiger partial charge in [-0.2, -0.15) is 9.49 Å². The van der Waals surface area contributed by atoms with Crippen LogP contribution in [0.3, 0.4) is 0 Å². The maximum atomic E-state index is 13.5. The van der Waals surface area contributed by atoms with E-state index in [4.69, 9.17) is 4.74 Å². The van der Waals surface area contributed by atoms with Gasteiger partial charge in [-0.1, -0.05) is 0 Å². The van der Waals surface area contributed by atoms with Gasteiger partial charge >= 0.3 is 0 Å². The maximum absolute atomic E-state index is 13.5. The fourth-order valence-electron chi connectivity index (χ4n) is 2.14. The maximum Gasteiger partial charge on any atom is 0.291 e. The number of aromatic hydroxyl groups is 1. The fraction of sp³-hybridized carbons (Fsp3) is 0.111. The number of pyridine rings is 2. The zero-order valence-electron chi connectivity index (χ0n) is 14.7. The Bertz CT molecular complexity index is 1010. The highest BCUT2D eigenvalue weighted by molar-refractivity contribution is 5.93. The Balaban J connectivity index is 1.71. The molecular formula is C18H15FN6O3. The average Bonchev–Trinajstić information content (AvgIpc) is 2.71. The molecule has 0 aliphatic rings. The van der Waals surface area contributed by atoms with Gasteiger partial charge in [-0.15, -0.1) is 0 Å². The summed E-state index contributed by atoms with van der Waals surface area (Å²) in [5.74, 6) is -1.22. The molecule has 0 unspecified atom stereocenters. The van der Waals surface area contributed by atoms with Crippen LogP contribution in [0.1, 0.15) is 23.0 Å². The molecule has 142 valence electrons. The van der Waals surface area contributed by atoms with E-state index in [1.54, 1.807) is 18.3 Å². The van der Waals surface area contributed by atoms with Crippen LogP contribution in [0.5, 0.6) is 11.6 Å². The molecule has 10 heteroatoms. The molecule has 9 nitrogen and oxygen atoms in total. The highest BCUT2D eigenvalue weighted by atomic mass is 19.1.